The van der Waals surface area contributed by atoms with Gasteiger partial charge < -0.3 is 9.30 Å². The van der Waals surface area contributed by atoms with Gasteiger partial charge in [-0.25, -0.2) is 0 Å². The fourth-order valence-corrected chi connectivity index (χ4v) is 4.87. The Morgan fingerprint density at radius 3 is 3.00 bits per heavy atom. The minimum absolute atomic E-state index is 0.0216. The Hall–Kier alpha value is -1.96. The van der Waals surface area contributed by atoms with Gasteiger partial charge in [-0.3, -0.25) is 14.7 Å². The number of aromatic nitrogens is 2. The Balaban J connectivity index is 1.60. The van der Waals surface area contributed by atoms with Crippen LogP contribution in [0, 0.1) is 13.8 Å². The van der Waals surface area contributed by atoms with Crippen molar-refractivity contribution >= 4 is 40.3 Å². The summed E-state index contributed by atoms with van der Waals surface area (Å²) in [7, 11) is 0. The van der Waals surface area contributed by atoms with Crippen molar-refractivity contribution in [2.75, 3.05) is 13.2 Å². The highest BCUT2D eigenvalue weighted by Crippen LogP contribution is 2.34. The second kappa shape index (κ2) is 7.58. The van der Waals surface area contributed by atoms with Gasteiger partial charge in [0.2, 0.25) is 0 Å². The van der Waals surface area contributed by atoms with Crippen LogP contribution < -0.4 is 0 Å². The molecule has 1 amide bonds. The number of carbonyl (C=O) groups excluding carboxylic acids is 1. The van der Waals surface area contributed by atoms with E-state index in [2.05, 4.69) is 29.5 Å². The van der Waals surface area contributed by atoms with E-state index < -0.39 is 0 Å². The van der Waals surface area contributed by atoms with Crippen LogP contribution in [0.5, 0.6) is 0 Å². The molecule has 2 aliphatic heterocycles. The van der Waals surface area contributed by atoms with Crippen LogP contribution in [-0.4, -0.2) is 43.9 Å². The van der Waals surface area contributed by atoms with Gasteiger partial charge in [-0.15, -0.1) is 0 Å². The smallest absolute Gasteiger partial charge is 0.266 e. The molecule has 5 nitrogen and oxygen atoms in total. The van der Waals surface area contributed by atoms with Crippen molar-refractivity contribution in [1.82, 2.24) is 14.5 Å². The Labute approximate surface area is 168 Å². The van der Waals surface area contributed by atoms with Crippen LogP contribution in [-0.2, 0) is 9.53 Å². The molecule has 1 atom stereocenters. The third-order valence-corrected chi connectivity index (χ3v) is 6.32. The molecular formula is C20H21N3O2S2. The molecule has 2 aromatic heterocycles. The fraction of sp³-hybridized carbons (Fsp3) is 0.350. The van der Waals surface area contributed by atoms with Crippen LogP contribution in [0.3, 0.4) is 0 Å². The molecule has 2 aliphatic rings. The van der Waals surface area contributed by atoms with Gasteiger partial charge in [-0.2, -0.15) is 0 Å². The van der Waals surface area contributed by atoms with Gasteiger partial charge in [0, 0.05) is 24.2 Å². The summed E-state index contributed by atoms with van der Waals surface area (Å²) in [5, 5.41) is 0. The summed E-state index contributed by atoms with van der Waals surface area (Å²) in [5.74, 6) is -0.0216. The second-order valence-corrected chi connectivity index (χ2v) is 8.48. The maximum atomic E-state index is 12.9. The minimum Gasteiger partial charge on any atom is -0.376 e. The Morgan fingerprint density at radius 2 is 2.30 bits per heavy atom. The minimum atomic E-state index is -0.0216. The van der Waals surface area contributed by atoms with Crippen molar-refractivity contribution in [1.29, 1.82) is 0 Å². The molecule has 27 heavy (non-hydrogen) atoms. The molecule has 2 fully saturated rings. The first kappa shape index (κ1) is 18.4. The number of carbonyl (C=O) groups is 1. The van der Waals surface area contributed by atoms with Crippen molar-refractivity contribution in [3.8, 4) is 5.69 Å². The lowest BCUT2D eigenvalue weighted by Crippen LogP contribution is -2.35. The number of nitrogens with zero attached hydrogens (tertiary/aromatic N) is 3. The number of hydrogen-bond donors (Lipinski definition) is 0. The molecule has 0 saturated carbocycles. The number of rotatable bonds is 4. The zero-order valence-electron chi connectivity index (χ0n) is 15.3. The number of pyridine rings is 1. The highest BCUT2D eigenvalue weighted by molar-refractivity contribution is 8.26. The average Bonchev–Trinajstić information content (AvgIpc) is 3.33. The van der Waals surface area contributed by atoms with E-state index in [1.807, 2.05) is 24.4 Å². The third kappa shape index (κ3) is 3.59. The van der Waals surface area contributed by atoms with Crippen LogP contribution in [0.1, 0.15) is 29.8 Å². The molecule has 0 aliphatic carbocycles. The third-order valence-electron chi connectivity index (χ3n) is 4.94. The highest BCUT2D eigenvalue weighted by Gasteiger charge is 2.34. The summed E-state index contributed by atoms with van der Waals surface area (Å²) in [6.07, 6.45) is 7.69. The standard InChI is InChI=1S/C20H21N3O2S2/c1-13-9-15(14(2)23(13)16-5-3-7-21-11-16)10-18-19(24)22(20(26)27-18)12-17-6-4-8-25-17/h3,5,7,9-11,17H,4,6,8,12H2,1-2H3/b18-10-/t17-/m0/s1. The SMILES string of the molecule is Cc1cc(/C=C2\SC(=S)N(C[C@@H]3CCCO3)C2=O)c(C)n1-c1cccnc1. The summed E-state index contributed by atoms with van der Waals surface area (Å²) in [4.78, 5) is 19.4. The number of thiocarbonyl (C=S) groups is 1. The molecule has 2 saturated heterocycles. The first-order valence-electron chi connectivity index (χ1n) is 9.01. The lowest BCUT2D eigenvalue weighted by atomic mass is 10.2. The van der Waals surface area contributed by atoms with Gasteiger partial charge in [-0.05, 0) is 56.5 Å². The van der Waals surface area contributed by atoms with Crippen molar-refractivity contribution < 1.29 is 9.53 Å². The number of amides is 1. The molecule has 0 aromatic carbocycles. The normalized spacial score (nSPS) is 21.6. The van der Waals surface area contributed by atoms with E-state index in [1.165, 1.54) is 11.8 Å². The summed E-state index contributed by atoms with van der Waals surface area (Å²) in [6, 6.07) is 6.04. The fourth-order valence-electron chi connectivity index (χ4n) is 3.61. The van der Waals surface area contributed by atoms with Gasteiger partial charge in [0.25, 0.3) is 5.91 Å². The van der Waals surface area contributed by atoms with E-state index in [0.717, 1.165) is 42.1 Å². The van der Waals surface area contributed by atoms with Crippen LogP contribution >= 0.6 is 24.0 Å². The van der Waals surface area contributed by atoms with Crippen LogP contribution in [0.4, 0.5) is 0 Å². The largest absolute Gasteiger partial charge is 0.376 e. The maximum absolute atomic E-state index is 12.9. The molecule has 0 unspecified atom stereocenters. The van der Waals surface area contributed by atoms with Crippen LogP contribution in [0.15, 0.2) is 35.5 Å². The van der Waals surface area contributed by atoms with E-state index in [-0.39, 0.29) is 12.0 Å². The monoisotopic (exact) mass is 399 g/mol. The van der Waals surface area contributed by atoms with E-state index >= 15 is 0 Å². The predicted molar refractivity (Wildman–Crippen MR) is 112 cm³/mol. The van der Waals surface area contributed by atoms with Gasteiger partial charge in [0.15, 0.2) is 0 Å². The van der Waals surface area contributed by atoms with Crippen molar-refractivity contribution in [3.05, 3.63) is 52.4 Å². The molecule has 4 rings (SSSR count). The Morgan fingerprint density at radius 1 is 1.44 bits per heavy atom. The number of ether oxygens (including phenoxy) is 1. The van der Waals surface area contributed by atoms with Gasteiger partial charge in [-0.1, -0.05) is 24.0 Å². The van der Waals surface area contributed by atoms with Crippen LogP contribution in [0.25, 0.3) is 11.8 Å². The van der Waals surface area contributed by atoms with Crippen LogP contribution in [0.2, 0.25) is 0 Å². The van der Waals surface area contributed by atoms with Gasteiger partial charge in [0.1, 0.15) is 4.32 Å². The zero-order valence-corrected chi connectivity index (χ0v) is 17.0. The topological polar surface area (TPSA) is 47.4 Å². The molecule has 0 radical (unpaired) electrons. The molecule has 7 heteroatoms. The number of thioether (sulfide) groups is 1. The first-order valence-corrected chi connectivity index (χ1v) is 10.2. The quantitative estimate of drug-likeness (QED) is 0.577. The molecular weight excluding hydrogens is 378 g/mol. The van der Waals surface area contributed by atoms with Gasteiger partial charge in [0.05, 0.1) is 29.4 Å². The lowest BCUT2D eigenvalue weighted by molar-refractivity contribution is -0.123. The second-order valence-electron chi connectivity index (χ2n) is 6.80. The summed E-state index contributed by atoms with van der Waals surface area (Å²) >= 11 is 6.82. The predicted octanol–water partition coefficient (Wildman–Crippen LogP) is 3.87. The number of hydrogen-bond acceptors (Lipinski definition) is 5. The summed E-state index contributed by atoms with van der Waals surface area (Å²) in [5.41, 5.74) is 4.21. The highest BCUT2D eigenvalue weighted by atomic mass is 32.2. The maximum Gasteiger partial charge on any atom is 0.266 e. The van der Waals surface area contributed by atoms with Crippen molar-refractivity contribution in [2.45, 2.75) is 32.8 Å². The van der Waals surface area contributed by atoms with Crippen molar-refractivity contribution in [2.24, 2.45) is 0 Å². The number of aryl methyl sites for hydroxylation is 1. The average molecular weight is 400 g/mol. The van der Waals surface area contributed by atoms with Crippen molar-refractivity contribution in [3.63, 3.8) is 0 Å². The van der Waals surface area contributed by atoms with Gasteiger partial charge >= 0.3 is 0 Å². The lowest BCUT2D eigenvalue weighted by Gasteiger charge is -2.18. The summed E-state index contributed by atoms with van der Waals surface area (Å²) < 4.78 is 8.42. The van der Waals surface area contributed by atoms with E-state index in [1.54, 1.807) is 11.1 Å². The zero-order chi connectivity index (χ0) is 19.0. The Kier molecular flexibility index (Phi) is 5.16. The molecule has 4 heterocycles. The Bertz CT molecular complexity index is 915. The van der Waals surface area contributed by atoms with E-state index in [9.17, 15) is 4.79 Å². The molecule has 140 valence electrons. The molecule has 0 bridgehead atoms. The molecule has 0 N–H and O–H groups in total. The molecule has 2 aromatic rings. The summed E-state index contributed by atoms with van der Waals surface area (Å²) in [6.45, 7) is 5.44. The van der Waals surface area contributed by atoms with E-state index in [0.29, 0.717) is 15.8 Å². The van der Waals surface area contributed by atoms with E-state index in [4.69, 9.17) is 17.0 Å². The first-order chi connectivity index (χ1) is 13.0. The molecule has 0 spiro atoms.